The molecular formula is C26H28FN5O2. The number of alkyl halides is 1. The van der Waals surface area contributed by atoms with E-state index in [-0.39, 0.29) is 24.3 Å². The SMILES string of the molecule is CC(C)c1ccc([C@@H](NC(=O)[C@@H]2C[C@@H](F)CN2C(=O)c2cncnc2N)c2ccccc2)cc1. The number of hydrogen-bond acceptors (Lipinski definition) is 5. The molecule has 8 heteroatoms. The Bertz CT molecular complexity index is 1150. The summed E-state index contributed by atoms with van der Waals surface area (Å²) in [6, 6.07) is 16.2. The van der Waals surface area contributed by atoms with Gasteiger partial charge in [0, 0.05) is 12.6 Å². The van der Waals surface area contributed by atoms with E-state index < -0.39 is 30.1 Å². The van der Waals surface area contributed by atoms with E-state index in [1.807, 2.05) is 54.6 Å². The molecular weight excluding hydrogens is 433 g/mol. The fourth-order valence-electron chi connectivity index (χ4n) is 4.23. The molecule has 1 aromatic heterocycles. The largest absolute Gasteiger partial charge is 0.383 e. The van der Waals surface area contributed by atoms with Crippen LogP contribution >= 0.6 is 0 Å². The quantitative estimate of drug-likeness (QED) is 0.584. The topological polar surface area (TPSA) is 101 Å². The van der Waals surface area contributed by atoms with E-state index in [9.17, 15) is 14.0 Å². The Labute approximate surface area is 198 Å². The number of hydrogen-bond donors (Lipinski definition) is 2. The Morgan fingerprint density at radius 2 is 1.71 bits per heavy atom. The van der Waals surface area contributed by atoms with E-state index in [4.69, 9.17) is 5.73 Å². The molecule has 2 heterocycles. The lowest BCUT2D eigenvalue weighted by Gasteiger charge is -2.27. The maximum atomic E-state index is 14.4. The Kier molecular flexibility index (Phi) is 6.86. The summed E-state index contributed by atoms with van der Waals surface area (Å²) in [7, 11) is 0. The fourth-order valence-corrected chi connectivity index (χ4v) is 4.23. The third-order valence-corrected chi connectivity index (χ3v) is 6.14. The van der Waals surface area contributed by atoms with Crippen molar-refractivity contribution in [2.24, 2.45) is 0 Å². The molecule has 0 radical (unpaired) electrons. The third-order valence-electron chi connectivity index (χ3n) is 6.14. The molecule has 1 fully saturated rings. The summed E-state index contributed by atoms with van der Waals surface area (Å²) in [6.45, 7) is 4.05. The molecule has 1 saturated heterocycles. The highest BCUT2D eigenvalue weighted by Crippen LogP contribution is 2.28. The maximum Gasteiger partial charge on any atom is 0.259 e. The first kappa shape index (κ1) is 23.4. The second-order valence-corrected chi connectivity index (χ2v) is 8.80. The number of aromatic nitrogens is 2. The van der Waals surface area contributed by atoms with Crippen molar-refractivity contribution in [2.45, 2.75) is 44.4 Å². The molecule has 176 valence electrons. The van der Waals surface area contributed by atoms with Crippen molar-refractivity contribution >= 4 is 17.6 Å². The number of benzene rings is 2. The van der Waals surface area contributed by atoms with Gasteiger partial charge in [-0.25, -0.2) is 14.4 Å². The zero-order valence-electron chi connectivity index (χ0n) is 19.2. The number of nitrogens with one attached hydrogen (secondary N) is 1. The van der Waals surface area contributed by atoms with Crippen molar-refractivity contribution in [2.75, 3.05) is 12.3 Å². The second-order valence-electron chi connectivity index (χ2n) is 8.80. The molecule has 0 unspecified atom stereocenters. The second kappa shape index (κ2) is 9.99. The summed E-state index contributed by atoms with van der Waals surface area (Å²) in [5.41, 5.74) is 8.86. The monoisotopic (exact) mass is 461 g/mol. The van der Waals surface area contributed by atoms with Gasteiger partial charge in [-0.3, -0.25) is 9.59 Å². The van der Waals surface area contributed by atoms with Gasteiger partial charge in [0.25, 0.3) is 5.91 Å². The van der Waals surface area contributed by atoms with Crippen molar-refractivity contribution in [3.63, 3.8) is 0 Å². The first-order valence-electron chi connectivity index (χ1n) is 11.3. The van der Waals surface area contributed by atoms with Crippen LogP contribution in [-0.4, -0.2) is 45.4 Å². The average molecular weight is 462 g/mol. The molecule has 7 nitrogen and oxygen atoms in total. The van der Waals surface area contributed by atoms with Gasteiger partial charge in [0.2, 0.25) is 5.91 Å². The zero-order chi connectivity index (χ0) is 24.2. The minimum atomic E-state index is -1.31. The molecule has 1 aliphatic heterocycles. The van der Waals surface area contributed by atoms with Gasteiger partial charge in [0.1, 0.15) is 29.9 Å². The van der Waals surface area contributed by atoms with Crippen LogP contribution < -0.4 is 11.1 Å². The molecule has 3 aromatic rings. The lowest BCUT2D eigenvalue weighted by molar-refractivity contribution is -0.125. The normalized spacial score (nSPS) is 18.6. The van der Waals surface area contributed by atoms with E-state index in [0.29, 0.717) is 5.92 Å². The van der Waals surface area contributed by atoms with Gasteiger partial charge in [0.15, 0.2) is 0 Å². The number of likely N-dealkylation sites (tertiary alicyclic amines) is 1. The summed E-state index contributed by atoms with van der Waals surface area (Å²) in [5, 5.41) is 3.05. The number of rotatable bonds is 6. The van der Waals surface area contributed by atoms with Crippen LogP contribution in [0.3, 0.4) is 0 Å². The highest BCUT2D eigenvalue weighted by Gasteiger charge is 2.41. The molecule has 0 bridgehead atoms. The average Bonchev–Trinajstić information content (AvgIpc) is 3.24. The minimum Gasteiger partial charge on any atom is -0.383 e. The van der Waals surface area contributed by atoms with Crippen LogP contribution in [0.15, 0.2) is 67.1 Å². The van der Waals surface area contributed by atoms with Crippen LogP contribution in [0.5, 0.6) is 0 Å². The first-order valence-corrected chi connectivity index (χ1v) is 11.3. The van der Waals surface area contributed by atoms with E-state index in [2.05, 4.69) is 29.1 Å². The molecule has 34 heavy (non-hydrogen) atoms. The lowest BCUT2D eigenvalue weighted by Crippen LogP contribution is -2.47. The van der Waals surface area contributed by atoms with E-state index in [0.717, 1.165) is 11.1 Å². The van der Waals surface area contributed by atoms with E-state index in [1.54, 1.807) is 0 Å². The Morgan fingerprint density at radius 1 is 1.06 bits per heavy atom. The summed E-state index contributed by atoms with van der Waals surface area (Å²) in [6.07, 6.45) is 1.12. The van der Waals surface area contributed by atoms with Crippen LogP contribution in [0.1, 0.15) is 59.3 Å². The van der Waals surface area contributed by atoms with Crippen LogP contribution in [0.4, 0.5) is 10.2 Å². The van der Waals surface area contributed by atoms with Gasteiger partial charge in [-0.2, -0.15) is 0 Å². The van der Waals surface area contributed by atoms with Crippen molar-refractivity contribution in [3.05, 3.63) is 89.4 Å². The predicted octanol–water partition coefficient (Wildman–Crippen LogP) is 3.64. The van der Waals surface area contributed by atoms with Gasteiger partial charge in [-0.05, 0) is 22.6 Å². The van der Waals surface area contributed by atoms with Crippen LogP contribution in [0, 0.1) is 0 Å². The van der Waals surface area contributed by atoms with Gasteiger partial charge >= 0.3 is 0 Å². The molecule has 2 aromatic carbocycles. The zero-order valence-corrected chi connectivity index (χ0v) is 19.2. The third kappa shape index (κ3) is 4.90. The van der Waals surface area contributed by atoms with Crippen molar-refractivity contribution in [3.8, 4) is 0 Å². The first-order chi connectivity index (χ1) is 16.3. The number of carbonyl (C=O) groups is 2. The molecule has 4 rings (SSSR count). The number of amides is 2. The molecule has 0 aliphatic carbocycles. The molecule has 0 spiro atoms. The smallest absolute Gasteiger partial charge is 0.259 e. The molecule has 0 saturated carbocycles. The highest BCUT2D eigenvalue weighted by atomic mass is 19.1. The number of halogens is 1. The van der Waals surface area contributed by atoms with Crippen LogP contribution in [0.2, 0.25) is 0 Å². The van der Waals surface area contributed by atoms with Crippen LogP contribution in [-0.2, 0) is 4.79 Å². The van der Waals surface area contributed by atoms with Crippen molar-refractivity contribution < 1.29 is 14.0 Å². The summed E-state index contributed by atoms with van der Waals surface area (Å²) in [4.78, 5) is 35.4. The molecule has 3 N–H and O–H groups in total. The van der Waals surface area contributed by atoms with Crippen molar-refractivity contribution in [1.29, 1.82) is 0 Å². The Balaban J connectivity index is 1.61. The molecule has 1 aliphatic rings. The minimum absolute atomic E-state index is 0.00568. The van der Waals surface area contributed by atoms with Crippen molar-refractivity contribution in [1.82, 2.24) is 20.2 Å². The number of nitrogen functional groups attached to an aromatic ring is 1. The fraction of sp³-hybridized carbons (Fsp3) is 0.308. The van der Waals surface area contributed by atoms with Gasteiger partial charge in [-0.1, -0.05) is 68.4 Å². The Morgan fingerprint density at radius 3 is 2.35 bits per heavy atom. The summed E-state index contributed by atoms with van der Waals surface area (Å²) < 4.78 is 14.4. The predicted molar refractivity (Wildman–Crippen MR) is 128 cm³/mol. The maximum absolute atomic E-state index is 14.4. The molecule has 3 atom stereocenters. The van der Waals surface area contributed by atoms with Gasteiger partial charge in [-0.15, -0.1) is 0 Å². The lowest BCUT2D eigenvalue weighted by atomic mass is 9.95. The number of carbonyl (C=O) groups excluding carboxylic acids is 2. The van der Waals surface area contributed by atoms with E-state index >= 15 is 0 Å². The molecule has 2 amide bonds. The number of nitrogens with zero attached hydrogens (tertiary/aromatic N) is 3. The summed E-state index contributed by atoms with van der Waals surface area (Å²) >= 11 is 0. The summed E-state index contributed by atoms with van der Waals surface area (Å²) in [5.74, 6) is -0.608. The Hall–Kier alpha value is -3.81. The number of nitrogens with two attached hydrogens (primary N) is 1. The highest BCUT2D eigenvalue weighted by molar-refractivity contribution is 6.01. The van der Waals surface area contributed by atoms with Gasteiger partial charge < -0.3 is 16.0 Å². The van der Waals surface area contributed by atoms with Gasteiger partial charge in [0.05, 0.1) is 12.6 Å². The standard InChI is InChI=1S/C26H28FN5O2/c1-16(2)17-8-10-19(11-9-17)23(18-6-4-3-5-7-18)31-25(33)22-12-20(27)14-32(22)26(34)21-13-29-15-30-24(21)28/h3-11,13,15-16,20,22-23H,12,14H2,1-2H3,(H,31,33)(H2,28,29,30)/t20-,22+,23+/m1/s1. The number of anilines is 1. The van der Waals surface area contributed by atoms with Crippen LogP contribution in [0.25, 0.3) is 0 Å². The van der Waals surface area contributed by atoms with E-state index in [1.165, 1.54) is 23.0 Å².